The first-order valence-corrected chi connectivity index (χ1v) is 10.1. The number of rotatable bonds is 7. The van der Waals surface area contributed by atoms with Gasteiger partial charge in [-0.2, -0.15) is 5.26 Å². The van der Waals surface area contributed by atoms with Gasteiger partial charge in [0.25, 0.3) is 5.91 Å². The van der Waals surface area contributed by atoms with Crippen molar-refractivity contribution in [1.82, 2.24) is 0 Å². The summed E-state index contributed by atoms with van der Waals surface area (Å²) in [5.41, 5.74) is 3.05. The topological polar surface area (TPSA) is 82.3 Å². The van der Waals surface area contributed by atoms with E-state index in [0.29, 0.717) is 35.1 Å². The number of nitriles is 1. The zero-order chi connectivity index (χ0) is 22.2. The van der Waals surface area contributed by atoms with E-state index in [1.807, 2.05) is 49.4 Å². The normalized spacial score (nSPS) is 10.9. The van der Waals surface area contributed by atoms with Gasteiger partial charge in [-0.05, 0) is 66.1 Å². The van der Waals surface area contributed by atoms with Gasteiger partial charge in [-0.1, -0.05) is 41.9 Å². The van der Waals surface area contributed by atoms with Crippen LogP contribution < -0.4 is 10.1 Å². The van der Waals surface area contributed by atoms with Crippen LogP contribution >= 0.6 is 11.6 Å². The van der Waals surface area contributed by atoms with Gasteiger partial charge in [-0.3, -0.25) is 4.79 Å². The first kappa shape index (κ1) is 21.9. The van der Waals surface area contributed by atoms with Gasteiger partial charge < -0.3 is 15.2 Å². The number of halogens is 1. The third-order valence-electron chi connectivity index (χ3n) is 4.53. The predicted octanol–water partition coefficient (Wildman–Crippen LogP) is 5.58. The van der Waals surface area contributed by atoms with Gasteiger partial charge in [0.05, 0.1) is 6.61 Å². The molecule has 0 saturated carbocycles. The molecule has 0 bridgehead atoms. The lowest BCUT2D eigenvalue weighted by atomic mass is 10.0. The molecule has 31 heavy (non-hydrogen) atoms. The highest BCUT2D eigenvalue weighted by atomic mass is 35.5. The second kappa shape index (κ2) is 10.3. The monoisotopic (exact) mass is 432 g/mol. The minimum atomic E-state index is -0.536. The first-order valence-electron chi connectivity index (χ1n) is 9.71. The minimum absolute atomic E-state index is 0.0469. The van der Waals surface area contributed by atoms with Crippen LogP contribution in [0.15, 0.2) is 72.3 Å². The van der Waals surface area contributed by atoms with Crippen LogP contribution in [0.2, 0.25) is 5.02 Å². The number of anilines is 1. The fraction of sp³-hybridized carbons (Fsp3) is 0.120. The number of nitrogens with zero attached hydrogens (tertiary/aromatic N) is 1. The van der Waals surface area contributed by atoms with Crippen molar-refractivity contribution in [3.8, 4) is 17.6 Å². The van der Waals surface area contributed by atoms with Crippen molar-refractivity contribution in [3.05, 3.63) is 94.0 Å². The van der Waals surface area contributed by atoms with E-state index < -0.39 is 5.91 Å². The molecule has 0 radical (unpaired) electrons. The van der Waals surface area contributed by atoms with E-state index in [1.54, 1.807) is 18.2 Å². The molecule has 6 heteroatoms. The quantitative estimate of drug-likeness (QED) is 0.290. The molecule has 0 spiro atoms. The third kappa shape index (κ3) is 5.88. The minimum Gasteiger partial charge on any atom is -0.508 e. The van der Waals surface area contributed by atoms with Gasteiger partial charge >= 0.3 is 0 Å². The molecule has 0 aromatic heterocycles. The van der Waals surface area contributed by atoms with Crippen LogP contribution in [0.5, 0.6) is 11.5 Å². The highest BCUT2D eigenvalue weighted by molar-refractivity contribution is 6.31. The summed E-state index contributed by atoms with van der Waals surface area (Å²) >= 11 is 6.29. The van der Waals surface area contributed by atoms with Crippen molar-refractivity contribution < 1.29 is 14.6 Å². The number of amides is 1. The maximum absolute atomic E-state index is 12.5. The molecule has 0 saturated heterocycles. The van der Waals surface area contributed by atoms with E-state index in [4.69, 9.17) is 16.3 Å². The van der Waals surface area contributed by atoms with E-state index in [0.717, 1.165) is 11.1 Å². The standard InChI is InChI=1S/C25H21ClN2O3/c1-2-31-24-14-17(7-8-19(24)15-18-5-3-4-6-23(18)26)13-20(16-27)25(30)28-21-9-11-22(29)12-10-21/h3-14,29H,2,15H2,1H3,(H,28,30)/b20-13+. The number of hydrogen-bond acceptors (Lipinski definition) is 4. The Hall–Kier alpha value is -3.75. The van der Waals surface area contributed by atoms with Crippen LogP contribution in [-0.4, -0.2) is 17.6 Å². The summed E-state index contributed by atoms with van der Waals surface area (Å²) in [6, 6.07) is 21.1. The SMILES string of the molecule is CCOc1cc(/C=C(\C#N)C(=O)Nc2ccc(O)cc2)ccc1Cc1ccccc1Cl. The lowest BCUT2D eigenvalue weighted by Crippen LogP contribution is -2.13. The second-order valence-corrected chi connectivity index (χ2v) is 7.15. The molecule has 3 aromatic carbocycles. The number of nitrogens with one attached hydrogen (secondary N) is 1. The van der Waals surface area contributed by atoms with Crippen molar-refractivity contribution in [2.75, 3.05) is 11.9 Å². The number of carbonyl (C=O) groups is 1. The Morgan fingerprint density at radius 2 is 1.87 bits per heavy atom. The van der Waals surface area contributed by atoms with Crippen molar-refractivity contribution in [1.29, 1.82) is 5.26 Å². The average Bonchev–Trinajstić information content (AvgIpc) is 2.77. The van der Waals surface area contributed by atoms with E-state index in [1.165, 1.54) is 18.2 Å². The average molecular weight is 433 g/mol. The molecule has 0 fully saturated rings. The number of hydrogen-bond donors (Lipinski definition) is 2. The number of aromatic hydroxyl groups is 1. The molecule has 0 unspecified atom stereocenters. The van der Waals surface area contributed by atoms with Gasteiger partial charge in [-0.25, -0.2) is 0 Å². The molecule has 3 aromatic rings. The number of carbonyl (C=O) groups excluding carboxylic acids is 1. The van der Waals surface area contributed by atoms with Crippen LogP contribution in [0.1, 0.15) is 23.6 Å². The molecule has 0 atom stereocenters. The summed E-state index contributed by atoms with van der Waals surface area (Å²) in [6.07, 6.45) is 2.11. The zero-order valence-electron chi connectivity index (χ0n) is 16.9. The van der Waals surface area contributed by atoms with E-state index in [-0.39, 0.29) is 11.3 Å². The Morgan fingerprint density at radius 1 is 1.13 bits per heavy atom. The highest BCUT2D eigenvalue weighted by Gasteiger charge is 2.12. The molecular weight excluding hydrogens is 412 g/mol. The third-order valence-corrected chi connectivity index (χ3v) is 4.90. The molecule has 0 aliphatic rings. The van der Waals surface area contributed by atoms with Gasteiger partial charge in [0.2, 0.25) is 0 Å². The lowest BCUT2D eigenvalue weighted by Gasteiger charge is -2.12. The summed E-state index contributed by atoms with van der Waals surface area (Å²) in [5, 5.41) is 22.1. The van der Waals surface area contributed by atoms with Crippen molar-refractivity contribution in [2.24, 2.45) is 0 Å². The number of benzene rings is 3. The van der Waals surface area contributed by atoms with E-state index in [9.17, 15) is 15.2 Å². The Kier molecular flexibility index (Phi) is 7.31. The maximum Gasteiger partial charge on any atom is 0.266 e. The van der Waals surface area contributed by atoms with Gasteiger partial charge in [0.15, 0.2) is 0 Å². The van der Waals surface area contributed by atoms with Gasteiger partial charge in [-0.15, -0.1) is 0 Å². The smallest absolute Gasteiger partial charge is 0.266 e. The van der Waals surface area contributed by atoms with Crippen molar-refractivity contribution >= 4 is 29.3 Å². The Balaban J connectivity index is 1.85. The van der Waals surface area contributed by atoms with Crippen LogP contribution in [0, 0.1) is 11.3 Å². The van der Waals surface area contributed by atoms with E-state index in [2.05, 4.69) is 5.32 Å². The predicted molar refractivity (Wildman–Crippen MR) is 122 cm³/mol. The molecule has 0 aliphatic heterocycles. The van der Waals surface area contributed by atoms with Crippen molar-refractivity contribution in [2.45, 2.75) is 13.3 Å². The molecule has 2 N–H and O–H groups in total. The largest absolute Gasteiger partial charge is 0.508 e. The fourth-order valence-corrected chi connectivity index (χ4v) is 3.20. The molecule has 1 amide bonds. The Labute approximate surface area is 186 Å². The summed E-state index contributed by atoms with van der Waals surface area (Å²) in [5.74, 6) is 0.230. The number of phenols is 1. The summed E-state index contributed by atoms with van der Waals surface area (Å²) < 4.78 is 5.79. The molecule has 0 aliphatic carbocycles. The highest BCUT2D eigenvalue weighted by Crippen LogP contribution is 2.27. The number of phenolic OH excluding ortho intramolecular Hbond substituents is 1. The van der Waals surface area contributed by atoms with Gasteiger partial charge in [0, 0.05) is 17.1 Å². The van der Waals surface area contributed by atoms with Crippen LogP contribution in [0.25, 0.3) is 6.08 Å². The molecule has 5 nitrogen and oxygen atoms in total. The lowest BCUT2D eigenvalue weighted by molar-refractivity contribution is -0.112. The van der Waals surface area contributed by atoms with Gasteiger partial charge in [0.1, 0.15) is 23.1 Å². The molecule has 3 rings (SSSR count). The second-order valence-electron chi connectivity index (χ2n) is 6.74. The molecule has 156 valence electrons. The Bertz CT molecular complexity index is 1150. The molecular formula is C25H21ClN2O3. The van der Waals surface area contributed by atoms with Crippen LogP contribution in [0.4, 0.5) is 5.69 Å². The number of ether oxygens (including phenoxy) is 1. The maximum atomic E-state index is 12.5. The first-order chi connectivity index (χ1) is 15.0. The molecule has 0 heterocycles. The summed E-state index contributed by atoms with van der Waals surface area (Å²) in [4.78, 5) is 12.5. The summed E-state index contributed by atoms with van der Waals surface area (Å²) in [6.45, 7) is 2.38. The van der Waals surface area contributed by atoms with Crippen molar-refractivity contribution in [3.63, 3.8) is 0 Å². The van der Waals surface area contributed by atoms with E-state index >= 15 is 0 Å². The van der Waals surface area contributed by atoms with Crippen LogP contribution in [0.3, 0.4) is 0 Å². The fourth-order valence-electron chi connectivity index (χ4n) is 3.00. The van der Waals surface area contributed by atoms with Crippen LogP contribution in [-0.2, 0) is 11.2 Å². The summed E-state index contributed by atoms with van der Waals surface area (Å²) in [7, 11) is 0. The zero-order valence-corrected chi connectivity index (χ0v) is 17.7. The Morgan fingerprint density at radius 3 is 2.55 bits per heavy atom.